The van der Waals surface area contributed by atoms with E-state index in [9.17, 15) is 0 Å². The van der Waals surface area contributed by atoms with Gasteiger partial charge in [0.2, 0.25) is 22.8 Å². The molecule has 8 aromatic rings. The van der Waals surface area contributed by atoms with E-state index in [2.05, 4.69) is 352 Å². The molecule has 4 heteroatoms. The third kappa shape index (κ3) is 24.3. The van der Waals surface area contributed by atoms with Crippen molar-refractivity contribution in [2.45, 2.75) is 204 Å². The normalized spacial score (nSPS) is 11.9. The van der Waals surface area contributed by atoms with Crippen LogP contribution in [0.5, 0.6) is 0 Å². The molecule has 0 saturated carbocycles. The summed E-state index contributed by atoms with van der Waals surface area (Å²) in [4.78, 5) is 0. The van der Waals surface area contributed by atoms with E-state index < -0.39 is 0 Å². The Morgan fingerprint density at radius 1 is 0.270 bits per heavy atom. The Morgan fingerprint density at radius 3 is 0.764 bits per heavy atom. The first kappa shape index (κ1) is 73.2. The Kier molecular flexibility index (Phi) is 25.9. The lowest BCUT2D eigenvalue weighted by molar-refractivity contribution is -0.661. The zero-order valence-electron chi connectivity index (χ0n) is 61.3. The van der Waals surface area contributed by atoms with Crippen LogP contribution in [0.1, 0.15) is 191 Å². The zero-order chi connectivity index (χ0) is 66.5. The largest absolute Gasteiger partial charge is 0.212 e. The van der Waals surface area contributed by atoms with Crippen molar-refractivity contribution in [3.05, 3.63) is 213 Å². The molecule has 4 aromatic carbocycles. The molecule has 0 radical (unpaired) electrons. The topological polar surface area (TPSA) is 15.5 Å². The fourth-order valence-electron chi connectivity index (χ4n) is 12.6. The number of aryl methyl sites for hydroxylation is 9. The van der Waals surface area contributed by atoms with Crippen molar-refractivity contribution < 1.29 is 18.3 Å². The second kappa shape index (κ2) is 31.5. The van der Waals surface area contributed by atoms with Gasteiger partial charge in [-0.1, -0.05) is 173 Å². The maximum Gasteiger partial charge on any atom is 0.212 e. The van der Waals surface area contributed by atoms with Crippen LogP contribution in [0.25, 0.3) is 45.0 Å². The monoisotopic (exact) mass is 1200 g/mol. The van der Waals surface area contributed by atoms with Crippen LogP contribution in [0.3, 0.4) is 0 Å². The molecule has 8 rings (SSSR count). The molecule has 4 aromatic heterocycles. The van der Waals surface area contributed by atoms with Crippen molar-refractivity contribution in [3.63, 3.8) is 0 Å². The SMILES string of the molecule is Cc1cc(CC(C)(C)C)ccc1-c1ccc(CC(C)(C)C)c[n+]1C.Cc1cc(CC(C)(C)C)ccc1-c1ccc(CC(C)C)c[n+]1C.Cc1cc(CC(C)C)ccc1-c1ccc(CC(C)C)c[n+]1C.Cc1ccc(-c2ccc(CC(C)(C)C)cc2C)[n+](C)c1. The van der Waals surface area contributed by atoms with Crippen LogP contribution in [0.4, 0.5) is 0 Å². The van der Waals surface area contributed by atoms with Crippen molar-refractivity contribution in [2.24, 2.45) is 67.6 Å². The highest BCUT2D eigenvalue weighted by Gasteiger charge is 2.22. The van der Waals surface area contributed by atoms with Crippen molar-refractivity contribution in [2.75, 3.05) is 0 Å². The predicted molar refractivity (Wildman–Crippen MR) is 384 cm³/mol. The van der Waals surface area contributed by atoms with Crippen LogP contribution in [-0.2, 0) is 73.1 Å². The molecule has 0 atom stereocenters. The van der Waals surface area contributed by atoms with Crippen LogP contribution < -0.4 is 18.3 Å². The highest BCUT2D eigenvalue weighted by Crippen LogP contribution is 2.31. The maximum atomic E-state index is 2.35. The second-order valence-corrected chi connectivity index (χ2v) is 32.6. The van der Waals surface area contributed by atoms with Crippen molar-refractivity contribution >= 4 is 0 Å². The lowest BCUT2D eigenvalue weighted by Gasteiger charge is -2.19. The van der Waals surface area contributed by atoms with Gasteiger partial charge in [-0.2, -0.15) is 0 Å². The predicted octanol–water partition coefficient (Wildman–Crippen LogP) is 20.2. The summed E-state index contributed by atoms with van der Waals surface area (Å²) in [5, 5.41) is 0. The van der Waals surface area contributed by atoms with E-state index in [1.807, 2.05) is 0 Å². The summed E-state index contributed by atoms with van der Waals surface area (Å²) >= 11 is 0. The fourth-order valence-corrected chi connectivity index (χ4v) is 12.6. The van der Waals surface area contributed by atoms with E-state index in [0.717, 1.165) is 44.9 Å². The van der Waals surface area contributed by atoms with Crippen molar-refractivity contribution in [1.29, 1.82) is 0 Å². The number of nitrogens with zero attached hydrogens (tertiary/aromatic N) is 4. The summed E-state index contributed by atoms with van der Waals surface area (Å²) in [6.45, 7) is 52.2. The van der Waals surface area contributed by atoms with Crippen LogP contribution in [0.2, 0.25) is 0 Å². The fraction of sp³-hybridized carbons (Fsp3) is 0.482. The lowest BCUT2D eigenvalue weighted by atomic mass is 9.86. The standard InChI is InChI=1S/C23H34N.C22H32N.C21H30N.C19H26N/c1-17-13-18(14-22(2,3)4)9-11-20(17)21-12-10-19(16-24(21)8)15-23(5,6)7;1-16(2)12-19-9-11-21(23(7)15-19)20-10-8-18(13-17(20)3)14-22(4,5)6;1-15(2)11-18-7-9-20(17(5)13-18)21-10-8-19(12-16(3)4)14-22(21)6;1-14-7-10-18(20(6)13-14)17-9-8-16(11-15(17)2)12-19(3,4)5/h9-13,16H,14-15H2,1-8H3;8-11,13,15-16H,12,14H2,1-7H3;7-10,13-16H,11-12H2,1-6H3;7-11,13H,12H2,1-6H3/q4*+1. The summed E-state index contributed by atoms with van der Waals surface area (Å²) in [6.07, 6.45) is 16.9. The van der Waals surface area contributed by atoms with E-state index in [1.165, 1.54) is 112 Å². The molecule has 0 aliphatic carbocycles. The summed E-state index contributed by atoms with van der Waals surface area (Å²) in [5.74, 6) is 2.10. The van der Waals surface area contributed by atoms with Crippen LogP contribution in [0, 0.1) is 74.0 Å². The van der Waals surface area contributed by atoms with Gasteiger partial charge in [0.25, 0.3) is 0 Å². The summed E-state index contributed by atoms with van der Waals surface area (Å²) < 4.78 is 9.01. The first-order chi connectivity index (χ1) is 41.2. The van der Waals surface area contributed by atoms with Gasteiger partial charge < -0.3 is 0 Å². The Hall–Kier alpha value is -6.52. The molecule has 0 unspecified atom stereocenters. The van der Waals surface area contributed by atoms with Gasteiger partial charge in [0, 0.05) is 68.8 Å². The van der Waals surface area contributed by atoms with E-state index >= 15 is 0 Å². The molecule has 4 nitrogen and oxygen atoms in total. The Labute approximate surface area is 545 Å². The Morgan fingerprint density at radius 2 is 0.494 bits per heavy atom. The molecule has 0 spiro atoms. The van der Waals surface area contributed by atoms with Gasteiger partial charge in [0.05, 0.1) is 0 Å². The molecular weight excluding hydrogens is 1080 g/mol. The minimum absolute atomic E-state index is 0.318. The molecule has 89 heavy (non-hydrogen) atoms. The number of benzene rings is 4. The third-order valence-electron chi connectivity index (χ3n) is 16.0. The number of pyridine rings is 4. The number of hydrogen-bond donors (Lipinski definition) is 0. The van der Waals surface area contributed by atoms with Crippen LogP contribution in [0.15, 0.2) is 146 Å². The van der Waals surface area contributed by atoms with E-state index in [0.29, 0.717) is 39.4 Å². The number of hydrogen-bond acceptors (Lipinski definition) is 0. The molecule has 0 amide bonds. The first-order valence-electron chi connectivity index (χ1n) is 33.5. The lowest BCUT2D eigenvalue weighted by Crippen LogP contribution is -2.32. The van der Waals surface area contributed by atoms with Gasteiger partial charge in [-0.05, 0) is 212 Å². The van der Waals surface area contributed by atoms with E-state index in [4.69, 9.17) is 0 Å². The average Bonchev–Trinajstić information content (AvgIpc) is 2.86. The second-order valence-electron chi connectivity index (χ2n) is 32.6. The highest BCUT2D eigenvalue weighted by molar-refractivity contribution is 5.64. The molecule has 4 heterocycles. The van der Waals surface area contributed by atoms with E-state index in [1.54, 1.807) is 0 Å². The summed E-state index contributed by atoms with van der Waals surface area (Å²) in [5.41, 5.74) is 28.4. The molecule has 0 aliphatic heterocycles. The van der Waals surface area contributed by atoms with Gasteiger partial charge in [-0.25, -0.2) is 18.3 Å². The first-order valence-corrected chi connectivity index (χ1v) is 33.5. The van der Waals surface area contributed by atoms with Crippen LogP contribution in [-0.4, -0.2) is 0 Å². The molecule has 0 aliphatic rings. The van der Waals surface area contributed by atoms with Gasteiger partial charge in [-0.15, -0.1) is 0 Å². The molecule has 0 N–H and O–H groups in total. The average molecular weight is 1200 g/mol. The minimum Gasteiger partial charge on any atom is -0.201 e. The molecular formula is C85H122N4+4. The maximum absolute atomic E-state index is 2.35. The molecule has 0 bridgehead atoms. The number of rotatable bonds is 14. The molecule has 0 saturated heterocycles. The smallest absolute Gasteiger partial charge is 0.201 e. The van der Waals surface area contributed by atoms with Crippen molar-refractivity contribution in [1.82, 2.24) is 0 Å². The molecule has 0 fully saturated rings. The zero-order valence-corrected chi connectivity index (χ0v) is 61.3. The van der Waals surface area contributed by atoms with Crippen molar-refractivity contribution in [3.8, 4) is 45.0 Å². The minimum atomic E-state index is 0.318. The molecule has 478 valence electrons. The van der Waals surface area contributed by atoms with E-state index in [-0.39, 0.29) is 0 Å². The van der Waals surface area contributed by atoms with Gasteiger partial charge in [-0.3, -0.25) is 0 Å². The Bertz CT molecular complexity index is 3470. The van der Waals surface area contributed by atoms with Gasteiger partial charge in [0.15, 0.2) is 24.8 Å². The number of aromatic nitrogens is 4. The van der Waals surface area contributed by atoms with Gasteiger partial charge >= 0.3 is 0 Å². The highest BCUT2D eigenvalue weighted by atomic mass is 14.9. The van der Waals surface area contributed by atoms with Gasteiger partial charge in [0.1, 0.15) is 28.2 Å². The Balaban J connectivity index is 0.000000216. The quantitative estimate of drug-likeness (QED) is 0.0965. The van der Waals surface area contributed by atoms with Crippen LogP contribution >= 0.6 is 0 Å². The summed E-state index contributed by atoms with van der Waals surface area (Å²) in [6, 6.07) is 45.7. The summed E-state index contributed by atoms with van der Waals surface area (Å²) in [7, 11) is 8.58. The third-order valence-corrected chi connectivity index (χ3v) is 16.0.